The van der Waals surface area contributed by atoms with Gasteiger partial charge in [-0.2, -0.15) is 0 Å². The van der Waals surface area contributed by atoms with E-state index >= 15 is 0 Å². The van der Waals surface area contributed by atoms with Crippen molar-refractivity contribution >= 4 is 19.7 Å². The summed E-state index contributed by atoms with van der Waals surface area (Å²) in [4.78, 5) is 39.8. The minimum atomic E-state index is -4.69. The molecular formula is C58H111N2O7P. The van der Waals surface area contributed by atoms with Crippen molar-refractivity contribution in [2.45, 2.75) is 283 Å². The number of nitrogens with one attached hydrogen (secondary N) is 1. The SMILES string of the molecule is CC/C=C/C/C=C/CCCCCCCCCC(=O)NC(COP(=O)([O-])OCC[N+](C)(C)C)C(/C=C/CCCCCCCCCCC)OC(=O)CCCCCCCCCCCCCCCCCCC. The molecule has 3 atom stereocenters. The molecule has 0 spiro atoms. The third-order valence-electron chi connectivity index (χ3n) is 12.8. The standard InChI is InChI=1S/C58H111N2O7P/c1-7-10-13-16-19-22-25-27-29-30-31-33-36-39-42-45-48-51-58(62)67-56(49-46-43-40-37-34-24-21-18-15-12-9-3)55(54-66-68(63,64)65-53-52-60(4,5)6)59-57(61)50-47-44-41-38-35-32-28-26-23-20-17-14-11-8-2/h11,14,20,23,46,49,55-56H,7-10,12-13,15-19,21-22,24-45,47-48,50-54H2,1-6H3,(H-,59,61,63,64)/b14-11+,23-20+,49-46+. The fourth-order valence-corrected chi connectivity index (χ4v) is 9.11. The first kappa shape index (κ1) is 66.2. The third-order valence-corrected chi connectivity index (χ3v) is 13.8. The Bertz CT molecular complexity index is 1270. The molecule has 0 saturated heterocycles. The van der Waals surface area contributed by atoms with Crippen molar-refractivity contribution < 1.29 is 37.3 Å². The van der Waals surface area contributed by atoms with Gasteiger partial charge in [-0.1, -0.05) is 237 Å². The summed E-state index contributed by atoms with van der Waals surface area (Å²) in [5.41, 5.74) is 0. The van der Waals surface area contributed by atoms with E-state index in [4.69, 9.17) is 13.8 Å². The van der Waals surface area contributed by atoms with Gasteiger partial charge in [0.05, 0.1) is 33.8 Å². The number of ether oxygens (including phenoxy) is 1. The smallest absolute Gasteiger partial charge is 0.306 e. The van der Waals surface area contributed by atoms with E-state index in [0.717, 1.165) is 83.5 Å². The molecule has 0 bridgehead atoms. The summed E-state index contributed by atoms with van der Waals surface area (Å²) < 4.78 is 30.2. The molecule has 0 saturated carbocycles. The number of amides is 1. The molecule has 0 aromatic carbocycles. The maximum Gasteiger partial charge on any atom is 0.306 e. The molecule has 0 aliphatic heterocycles. The first-order valence-corrected chi connectivity index (χ1v) is 30.3. The van der Waals surface area contributed by atoms with Gasteiger partial charge in [-0.3, -0.25) is 14.2 Å². The highest BCUT2D eigenvalue weighted by atomic mass is 31.2. The lowest BCUT2D eigenvalue weighted by atomic mass is 10.0. The van der Waals surface area contributed by atoms with Crippen LogP contribution in [0.5, 0.6) is 0 Å². The van der Waals surface area contributed by atoms with Crippen LogP contribution in [0.2, 0.25) is 0 Å². The number of carbonyl (C=O) groups is 2. The topological polar surface area (TPSA) is 114 Å². The molecule has 0 aromatic rings. The van der Waals surface area contributed by atoms with Crippen LogP contribution in [0.3, 0.4) is 0 Å². The van der Waals surface area contributed by atoms with E-state index in [2.05, 4.69) is 50.4 Å². The average Bonchev–Trinajstić information content (AvgIpc) is 3.29. The van der Waals surface area contributed by atoms with Crippen LogP contribution in [0.4, 0.5) is 0 Å². The van der Waals surface area contributed by atoms with Crippen molar-refractivity contribution in [1.82, 2.24) is 5.32 Å². The highest BCUT2D eigenvalue weighted by Gasteiger charge is 2.27. The lowest BCUT2D eigenvalue weighted by molar-refractivity contribution is -0.870. The zero-order valence-corrected chi connectivity index (χ0v) is 46.5. The summed E-state index contributed by atoms with van der Waals surface area (Å²) in [6, 6.07) is -0.887. The molecule has 9 nitrogen and oxygen atoms in total. The predicted molar refractivity (Wildman–Crippen MR) is 289 cm³/mol. The number of hydrogen-bond acceptors (Lipinski definition) is 7. The van der Waals surface area contributed by atoms with E-state index in [0.29, 0.717) is 17.4 Å². The number of hydrogen-bond donors (Lipinski definition) is 1. The zero-order valence-electron chi connectivity index (χ0n) is 45.6. The molecule has 0 radical (unpaired) electrons. The molecule has 3 unspecified atom stereocenters. The van der Waals surface area contributed by atoms with Crippen LogP contribution in [0.25, 0.3) is 0 Å². The van der Waals surface area contributed by atoms with Crippen LogP contribution in [0, 0.1) is 0 Å². The average molecular weight is 980 g/mol. The summed E-state index contributed by atoms with van der Waals surface area (Å²) in [5, 5.41) is 3.02. The van der Waals surface area contributed by atoms with Crippen molar-refractivity contribution in [3.05, 3.63) is 36.5 Å². The van der Waals surface area contributed by atoms with Crippen molar-refractivity contribution in [2.24, 2.45) is 0 Å². The first-order valence-electron chi connectivity index (χ1n) is 28.8. The van der Waals surface area contributed by atoms with Gasteiger partial charge in [0.2, 0.25) is 5.91 Å². The molecule has 1 amide bonds. The molecule has 0 aliphatic carbocycles. The van der Waals surface area contributed by atoms with Crippen molar-refractivity contribution in [2.75, 3.05) is 40.9 Å². The summed E-state index contributed by atoms with van der Waals surface area (Å²) in [5.74, 6) is -0.542. The van der Waals surface area contributed by atoms with Gasteiger partial charge in [0.1, 0.15) is 19.3 Å². The van der Waals surface area contributed by atoms with Crippen LogP contribution >= 0.6 is 7.82 Å². The lowest BCUT2D eigenvalue weighted by Gasteiger charge is -2.30. The van der Waals surface area contributed by atoms with Gasteiger partial charge < -0.3 is 28.5 Å². The van der Waals surface area contributed by atoms with Crippen molar-refractivity contribution in [1.29, 1.82) is 0 Å². The fraction of sp³-hybridized carbons (Fsp3) is 0.862. The lowest BCUT2D eigenvalue weighted by Crippen LogP contribution is -2.47. The van der Waals surface area contributed by atoms with E-state index in [1.165, 1.54) is 154 Å². The molecule has 0 aromatic heterocycles. The zero-order chi connectivity index (χ0) is 50.1. The number of esters is 1. The normalized spacial score (nSPS) is 14.0. The molecule has 10 heteroatoms. The van der Waals surface area contributed by atoms with Gasteiger partial charge in [-0.25, -0.2) is 0 Å². The number of nitrogens with zero attached hydrogens (tertiary/aromatic N) is 1. The van der Waals surface area contributed by atoms with Gasteiger partial charge in [0.25, 0.3) is 7.82 Å². The Kier molecular flexibility index (Phi) is 47.6. The van der Waals surface area contributed by atoms with Gasteiger partial charge in [-0.05, 0) is 57.4 Å². The Morgan fingerprint density at radius 2 is 0.941 bits per heavy atom. The van der Waals surface area contributed by atoms with E-state index in [-0.39, 0.29) is 31.5 Å². The quantitative estimate of drug-likeness (QED) is 0.0212. The minimum absolute atomic E-state index is 0.0221. The number of allylic oxidation sites excluding steroid dienone is 5. The Hall–Kier alpha value is -1.77. The number of phosphoric acid groups is 1. The molecule has 0 aliphatic rings. The Morgan fingerprint density at radius 3 is 1.40 bits per heavy atom. The maximum atomic E-state index is 13.5. The molecule has 0 heterocycles. The number of phosphoric ester groups is 1. The number of quaternary nitrogens is 1. The van der Waals surface area contributed by atoms with Crippen LogP contribution < -0.4 is 10.2 Å². The fourth-order valence-electron chi connectivity index (χ4n) is 8.38. The minimum Gasteiger partial charge on any atom is -0.756 e. The summed E-state index contributed by atoms with van der Waals surface area (Å²) in [6.45, 7) is 6.74. The first-order chi connectivity index (χ1) is 32.9. The second kappa shape index (κ2) is 48.8. The van der Waals surface area contributed by atoms with E-state index in [1.807, 2.05) is 33.3 Å². The number of carbonyl (C=O) groups excluding carboxylic acids is 2. The van der Waals surface area contributed by atoms with Crippen molar-refractivity contribution in [3.63, 3.8) is 0 Å². The van der Waals surface area contributed by atoms with Gasteiger partial charge in [-0.15, -0.1) is 0 Å². The molecule has 0 fully saturated rings. The van der Waals surface area contributed by atoms with E-state index in [1.54, 1.807) is 0 Å². The van der Waals surface area contributed by atoms with Gasteiger partial charge >= 0.3 is 5.97 Å². The highest BCUT2D eigenvalue weighted by molar-refractivity contribution is 7.45. The van der Waals surface area contributed by atoms with Crippen LogP contribution in [-0.4, -0.2) is 69.4 Å². The number of rotatable bonds is 52. The van der Waals surface area contributed by atoms with Gasteiger partial charge in [0, 0.05) is 12.8 Å². The van der Waals surface area contributed by atoms with Crippen LogP contribution in [-0.2, 0) is 27.9 Å². The monoisotopic (exact) mass is 979 g/mol. The summed E-state index contributed by atoms with van der Waals surface area (Å²) in [7, 11) is 1.19. The Balaban J connectivity index is 5.28. The van der Waals surface area contributed by atoms with Crippen LogP contribution in [0.15, 0.2) is 36.5 Å². The summed E-state index contributed by atoms with van der Waals surface area (Å²) in [6.07, 6.45) is 56.8. The second-order valence-electron chi connectivity index (χ2n) is 20.8. The Labute approximate surface area is 421 Å². The molecular weight excluding hydrogens is 868 g/mol. The predicted octanol–water partition coefficient (Wildman–Crippen LogP) is 16.5. The molecule has 400 valence electrons. The largest absolute Gasteiger partial charge is 0.756 e. The Morgan fingerprint density at radius 1 is 0.529 bits per heavy atom. The van der Waals surface area contributed by atoms with Gasteiger partial charge in [0.15, 0.2) is 0 Å². The van der Waals surface area contributed by atoms with Crippen LogP contribution in [0.1, 0.15) is 271 Å². The van der Waals surface area contributed by atoms with Crippen molar-refractivity contribution in [3.8, 4) is 0 Å². The van der Waals surface area contributed by atoms with E-state index < -0.39 is 20.0 Å². The highest BCUT2D eigenvalue weighted by Crippen LogP contribution is 2.38. The maximum absolute atomic E-state index is 13.5. The summed E-state index contributed by atoms with van der Waals surface area (Å²) >= 11 is 0. The number of unbranched alkanes of at least 4 members (excludes halogenated alkanes) is 32. The number of likely N-dealkylation sites (N-methyl/N-ethyl adjacent to an activating group) is 1. The molecule has 68 heavy (non-hydrogen) atoms. The third kappa shape index (κ3) is 49.2. The molecule has 1 N–H and O–H groups in total. The molecule has 0 rings (SSSR count). The second-order valence-corrected chi connectivity index (χ2v) is 22.2. The van der Waals surface area contributed by atoms with E-state index in [9.17, 15) is 19.0 Å².